The van der Waals surface area contributed by atoms with Crippen molar-refractivity contribution in [2.24, 2.45) is 4.99 Å². The summed E-state index contributed by atoms with van der Waals surface area (Å²) in [5.41, 5.74) is 2.52. The van der Waals surface area contributed by atoms with Crippen LogP contribution in [0.15, 0.2) is 23.2 Å². The van der Waals surface area contributed by atoms with Crippen molar-refractivity contribution in [3.05, 3.63) is 24.0 Å². The number of amidine groups is 1. The van der Waals surface area contributed by atoms with E-state index in [9.17, 15) is 5.11 Å². The average molecular weight is 303 g/mol. The number of nitrogens with one attached hydrogen (secondary N) is 2. The van der Waals surface area contributed by atoms with Gasteiger partial charge in [-0.15, -0.1) is 0 Å². The van der Waals surface area contributed by atoms with E-state index in [1.54, 1.807) is 6.92 Å². The fourth-order valence-electron chi connectivity index (χ4n) is 1.87. The summed E-state index contributed by atoms with van der Waals surface area (Å²) in [4.78, 5) is 12.1. The minimum atomic E-state index is -0.334. The number of nitriles is 1. The molecule has 0 aliphatic rings. The minimum Gasteiger partial charge on any atom is -0.393 e. The number of nitrogens with zero attached hydrogens (tertiary/aromatic N) is 3. The standard InChI is InChI=1S/C14H17N5OS/c1-9(20)3-6-13-18-11-5-4-10(7-12(11)19-13)17-14(21-2)16-8-15/h4-5,7,9,20H,3,6H2,1-2H3,(H,16,17)(H,18,19). The second-order valence-electron chi connectivity index (χ2n) is 4.63. The smallest absolute Gasteiger partial charge is 0.183 e. The van der Waals surface area contributed by atoms with Gasteiger partial charge in [0.05, 0.1) is 22.8 Å². The van der Waals surface area contributed by atoms with Crippen LogP contribution in [-0.4, -0.2) is 32.6 Å². The third-order valence-corrected chi connectivity index (χ3v) is 3.48. The van der Waals surface area contributed by atoms with Crippen molar-refractivity contribution in [1.29, 1.82) is 5.26 Å². The Balaban J connectivity index is 2.23. The Morgan fingerprint density at radius 1 is 1.62 bits per heavy atom. The van der Waals surface area contributed by atoms with Gasteiger partial charge in [0, 0.05) is 6.42 Å². The first kappa shape index (κ1) is 15.4. The van der Waals surface area contributed by atoms with Gasteiger partial charge in [-0.1, -0.05) is 11.8 Å². The molecule has 7 heteroatoms. The van der Waals surface area contributed by atoms with E-state index in [-0.39, 0.29) is 6.10 Å². The molecule has 21 heavy (non-hydrogen) atoms. The maximum atomic E-state index is 9.31. The van der Waals surface area contributed by atoms with Gasteiger partial charge in [0.25, 0.3) is 0 Å². The van der Waals surface area contributed by atoms with Crippen molar-refractivity contribution < 1.29 is 5.11 Å². The van der Waals surface area contributed by atoms with Gasteiger partial charge < -0.3 is 10.1 Å². The molecule has 3 N–H and O–H groups in total. The number of fused-ring (bicyclic) bond motifs is 1. The lowest BCUT2D eigenvalue weighted by Gasteiger charge is -2.00. The molecule has 0 spiro atoms. The summed E-state index contributed by atoms with van der Waals surface area (Å²) < 4.78 is 0. The number of aromatic nitrogens is 2. The average Bonchev–Trinajstić information content (AvgIpc) is 2.86. The number of H-pyrrole nitrogens is 1. The number of rotatable bonds is 4. The van der Waals surface area contributed by atoms with Crippen molar-refractivity contribution in [3.63, 3.8) is 0 Å². The molecule has 2 aromatic rings. The van der Waals surface area contributed by atoms with E-state index in [1.807, 2.05) is 30.6 Å². The summed E-state index contributed by atoms with van der Waals surface area (Å²) in [6, 6.07) is 5.64. The van der Waals surface area contributed by atoms with Gasteiger partial charge in [-0.05, 0) is 37.8 Å². The molecule has 0 radical (unpaired) electrons. The first-order valence-corrected chi connectivity index (χ1v) is 7.79. The summed E-state index contributed by atoms with van der Waals surface area (Å²) in [5, 5.41) is 21.0. The minimum absolute atomic E-state index is 0.334. The predicted octanol–water partition coefficient (Wildman–Crippen LogP) is 2.30. The summed E-state index contributed by atoms with van der Waals surface area (Å²) in [6.07, 6.45) is 4.76. The summed E-state index contributed by atoms with van der Waals surface area (Å²) >= 11 is 1.37. The van der Waals surface area contributed by atoms with Crippen molar-refractivity contribution in [2.45, 2.75) is 25.9 Å². The van der Waals surface area contributed by atoms with Crippen LogP contribution in [0.3, 0.4) is 0 Å². The predicted molar refractivity (Wildman–Crippen MR) is 85.5 cm³/mol. The number of thioether (sulfide) groups is 1. The number of benzene rings is 1. The fourth-order valence-corrected chi connectivity index (χ4v) is 2.22. The van der Waals surface area contributed by atoms with E-state index in [4.69, 9.17) is 5.26 Å². The van der Waals surface area contributed by atoms with E-state index < -0.39 is 0 Å². The lowest BCUT2D eigenvalue weighted by atomic mass is 10.2. The number of aryl methyl sites for hydroxylation is 1. The Bertz CT molecular complexity index is 686. The van der Waals surface area contributed by atoms with Crippen LogP contribution in [0.1, 0.15) is 19.2 Å². The molecule has 2 rings (SSSR count). The van der Waals surface area contributed by atoms with Crippen molar-refractivity contribution in [2.75, 3.05) is 6.26 Å². The zero-order chi connectivity index (χ0) is 15.2. The normalized spacial score (nSPS) is 13.1. The van der Waals surface area contributed by atoms with E-state index in [0.717, 1.165) is 22.5 Å². The number of hydrogen-bond donors (Lipinski definition) is 3. The van der Waals surface area contributed by atoms with Gasteiger partial charge >= 0.3 is 0 Å². The Kier molecular flexibility index (Phi) is 5.20. The second-order valence-corrected chi connectivity index (χ2v) is 5.43. The molecule has 1 aromatic carbocycles. The van der Waals surface area contributed by atoms with Crippen LogP contribution in [0.2, 0.25) is 0 Å². The zero-order valence-electron chi connectivity index (χ0n) is 11.9. The number of imidazole rings is 1. The SMILES string of the molecule is CSC(=Nc1ccc2nc(CCC(C)O)[nH]c2c1)NC#N. The Hall–Kier alpha value is -2.04. The highest BCUT2D eigenvalue weighted by atomic mass is 32.2. The van der Waals surface area contributed by atoms with E-state index >= 15 is 0 Å². The maximum Gasteiger partial charge on any atom is 0.183 e. The van der Waals surface area contributed by atoms with Crippen molar-refractivity contribution in [1.82, 2.24) is 15.3 Å². The molecule has 1 unspecified atom stereocenters. The van der Waals surface area contributed by atoms with Gasteiger partial charge in [-0.2, -0.15) is 5.26 Å². The van der Waals surface area contributed by atoms with Gasteiger partial charge in [0.15, 0.2) is 11.4 Å². The lowest BCUT2D eigenvalue weighted by Crippen LogP contribution is -2.12. The van der Waals surface area contributed by atoms with Crippen LogP contribution < -0.4 is 5.32 Å². The highest BCUT2D eigenvalue weighted by Gasteiger charge is 2.06. The van der Waals surface area contributed by atoms with Crippen LogP contribution in [0, 0.1) is 11.5 Å². The van der Waals surface area contributed by atoms with Crippen LogP contribution in [0.4, 0.5) is 5.69 Å². The van der Waals surface area contributed by atoms with E-state index in [2.05, 4.69) is 20.3 Å². The molecule has 0 saturated carbocycles. The lowest BCUT2D eigenvalue weighted by molar-refractivity contribution is 0.184. The molecule has 1 heterocycles. The first-order chi connectivity index (χ1) is 10.1. The molecule has 110 valence electrons. The Morgan fingerprint density at radius 3 is 3.10 bits per heavy atom. The Labute approximate surface area is 127 Å². The maximum absolute atomic E-state index is 9.31. The number of hydrogen-bond acceptors (Lipinski definition) is 5. The molecule has 0 aliphatic carbocycles. The summed E-state index contributed by atoms with van der Waals surface area (Å²) in [5.74, 6) is 0.854. The largest absolute Gasteiger partial charge is 0.393 e. The second kappa shape index (κ2) is 7.11. The van der Waals surface area contributed by atoms with Gasteiger partial charge in [-0.3, -0.25) is 5.32 Å². The number of aliphatic imine (C=N–C) groups is 1. The van der Waals surface area contributed by atoms with Crippen molar-refractivity contribution >= 4 is 33.7 Å². The third-order valence-electron chi connectivity index (χ3n) is 2.90. The summed E-state index contributed by atoms with van der Waals surface area (Å²) in [7, 11) is 0. The quantitative estimate of drug-likeness (QED) is 0.348. The van der Waals surface area contributed by atoms with Crippen LogP contribution in [0.25, 0.3) is 11.0 Å². The molecule has 0 saturated heterocycles. The molecule has 0 aliphatic heterocycles. The molecule has 1 aromatic heterocycles. The van der Waals surface area contributed by atoms with Crippen molar-refractivity contribution in [3.8, 4) is 6.19 Å². The van der Waals surface area contributed by atoms with Gasteiger partial charge in [0.2, 0.25) is 0 Å². The molecule has 6 nitrogen and oxygen atoms in total. The zero-order valence-corrected chi connectivity index (χ0v) is 12.7. The molecule has 0 bridgehead atoms. The van der Waals surface area contributed by atoms with Crippen LogP contribution >= 0.6 is 11.8 Å². The highest BCUT2D eigenvalue weighted by Crippen LogP contribution is 2.21. The van der Waals surface area contributed by atoms with Gasteiger partial charge in [0.1, 0.15) is 5.82 Å². The number of aliphatic hydroxyl groups is 1. The van der Waals surface area contributed by atoms with Crippen LogP contribution in [-0.2, 0) is 6.42 Å². The summed E-state index contributed by atoms with van der Waals surface area (Å²) in [6.45, 7) is 1.77. The fraction of sp³-hybridized carbons (Fsp3) is 0.357. The van der Waals surface area contributed by atoms with E-state index in [1.165, 1.54) is 11.8 Å². The topological polar surface area (TPSA) is 97.1 Å². The first-order valence-electron chi connectivity index (χ1n) is 6.57. The third kappa shape index (κ3) is 4.21. The molecular weight excluding hydrogens is 286 g/mol. The Morgan fingerprint density at radius 2 is 2.43 bits per heavy atom. The molecule has 1 atom stereocenters. The number of aromatic amines is 1. The highest BCUT2D eigenvalue weighted by molar-refractivity contribution is 8.13. The number of aliphatic hydroxyl groups excluding tert-OH is 1. The van der Waals surface area contributed by atoms with Gasteiger partial charge in [-0.25, -0.2) is 9.98 Å². The van der Waals surface area contributed by atoms with Crippen LogP contribution in [0.5, 0.6) is 0 Å². The molecule has 0 amide bonds. The monoisotopic (exact) mass is 303 g/mol. The van der Waals surface area contributed by atoms with E-state index in [0.29, 0.717) is 18.0 Å². The molecular formula is C14H17N5OS. The molecule has 0 fully saturated rings.